The smallest absolute Gasteiger partial charge is 0.0767 e. The van der Waals surface area contributed by atoms with Crippen LogP contribution >= 0.6 is 0 Å². The van der Waals surface area contributed by atoms with E-state index < -0.39 is 0 Å². The minimum Gasteiger partial charge on any atom is -0.376 e. The van der Waals surface area contributed by atoms with Crippen LogP contribution in [-0.2, 0) is 4.74 Å². The Bertz CT molecular complexity index is 150. The van der Waals surface area contributed by atoms with Crippen molar-refractivity contribution in [3.05, 3.63) is 0 Å². The number of nitrogens with one attached hydrogen (secondary N) is 1. The molecule has 1 heterocycles. The van der Waals surface area contributed by atoms with Crippen LogP contribution in [0.2, 0.25) is 0 Å². The number of ether oxygens (including phenoxy) is 1. The van der Waals surface area contributed by atoms with E-state index >= 15 is 0 Å². The molecule has 3 nitrogen and oxygen atoms in total. The highest BCUT2D eigenvalue weighted by Gasteiger charge is 2.31. The van der Waals surface area contributed by atoms with Gasteiger partial charge in [-0.2, -0.15) is 0 Å². The number of hydrogen-bond donors (Lipinski definition) is 2. The van der Waals surface area contributed by atoms with E-state index in [-0.39, 0.29) is 0 Å². The van der Waals surface area contributed by atoms with Crippen LogP contribution in [0.25, 0.3) is 0 Å². The first-order valence-electron chi connectivity index (χ1n) is 5.23. The Morgan fingerprint density at radius 1 is 1.54 bits per heavy atom. The highest BCUT2D eigenvalue weighted by Crippen LogP contribution is 2.25. The van der Waals surface area contributed by atoms with Crippen molar-refractivity contribution in [2.24, 2.45) is 17.7 Å². The average Bonchev–Trinajstić information content (AvgIpc) is 2.47. The van der Waals surface area contributed by atoms with Crippen LogP contribution in [0.4, 0.5) is 0 Å². The molecular weight excluding hydrogens is 164 g/mol. The molecule has 0 aromatic heterocycles. The molecule has 1 fully saturated rings. The lowest BCUT2D eigenvalue weighted by molar-refractivity contribution is 0.0543. The highest BCUT2D eigenvalue weighted by atomic mass is 16.5. The Labute approximate surface area is 81.0 Å². The van der Waals surface area contributed by atoms with Gasteiger partial charge in [0.05, 0.1) is 6.10 Å². The molecule has 0 saturated carbocycles. The zero-order chi connectivity index (χ0) is 9.84. The highest BCUT2D eigenvalue weighted by molar-refractivity contribution is 4.84. The molecule has 0 aromatic rings. The summed E-state index contributed by atoms with van der Waals surface area (Å²) < 4.78 is 5.68. The van der Waals surface area contributed by atoms with Gasteiger partial charge in [-0.3, -0.25) is 11.3 Å². The molecule has 1 rings (SSSR count). The van der Waals surface area contributed by atoms with Gasteiger partial charge in [0, 0.05) is 12.6 Å². The second-order valence-corrected chi connectivity index (χ2v) is 4.50. The van der Waals surface area contributed by atoms with Crippen molar-refractivity contribution in [2.75, 3.05) is 6.61 Å². The number of hydrogen-bond acceptors (Lipinski definition) is 3. The van der Waals surface area contributed by atoms with Gasteiger partial charge in [0.1, 0.15) is 0 Å². The second-order valence-electron chi connectivity index (χ2n) is 4.50. The molecule has 3 atom stereocenters. The maximum Gasteiger partial charge on any atom is 0.0767 e. The Morgan fingerprint density at radius 3 is 2.62 bits per heavy atom. The van der Waals surface area contributed by atoms with E-state index in [1.54, 1.807) is 0 Å². The molecular formula is C10H22N2O. The normalized spacial score (nSPS) is 31.2. The quantitative estimate of drug-likeness (QED) is 0.514. The van der Waals surface area contributed by atoms with Gasteiger partial charge in [-0.15, -0.1) is 0 Å². The van der Waals surface area contributed by atoms with Gasteiger partial charge in [0.25, 0.3) is 0 Å². The third-order valence-corrected chi connectivity index (χ3v) is 2.78. The Balaban J connectivity index is 2.45. The fourth-order valence-corrected chi connectivity index (χ4v) is 2.04. The van der Waals surface area contributed by atoms with Crippen molar-refractivity contribution >= 4 is 0 Å². The van der Waals surface area contributed by atoms with Gasteiger partial charge in [0.2, 0.25) is 0 Å². The molecule has 3 N–H and O–H groups in total. The van der Waals surface area contributed by atoms with Crippen molar-refractivity contribution in [2.45, 2.75) is 45.8 Å². The van der Waals surface area contributed by atoms with Crippen LogP contribution in [0.15, 0.2) is 0 Å². The minimum absolute atomic E-state index is 0.312. The zero-order valence-electron chi connectivity index (χ0n) is 8.92. The standard InChI is InChI=1S/C10H22N2O/c1-7(2)6-9(12-11)10-8(3)4-5-13-10/h7-10,12H,4-6,11H2,1-3H3. The van der Waals surface area contributed by atoms with Crippen LogP contribution in [-0.4, -0.2) is 18.8 Å². The van der Waals surface area contributed by atoms with Crippen molar-refractivity contribution in [1.82, 2.24) is 5.43 Å². The number of nitrogens with two attached hydrogens (primary N) is 1. The van der Waals surface area contributed by atoms with Gasteiger partial charge >= 0.3 is 0 Å². The van der Waals surface area contributed by atoms with E-state index in [0.29, 0.717) is 24.0 Å². The van der Waals surface area contributed by atoms with Crippen molar-refractivity contribution in [3.8, 4) is 0 Å². The molecule has 3 heteroatoms. The zero-order valence-corrected chi connectivity index (χ0v) is 8.92. The molecule has 0 aliphatic carbocycles. The maximum absolute atomic E-state index is 5.68. The van der Waals surface area contributed by atoms with Crippen molar-refractivity contribution in [1.29, 1.82) is 0 Å². The largest absolute Gasteiger partial charge is 0.376 e. The summed E-state index contributed by atoms with van der Waals surface area (Å²) >= 11 is 0. The molecule has 78 valence electrons. The first kappa shape index (κ1) is 11.0. The van der Waals surface area contributed by atoms with Crippen LogP contribution in [0, 0.1) is 11.8 Å². The van der Waals surface area contributed by atoms with Crippen LogP contribution in [0.5, 0.6) is 0 Å². The number of hydrazine groups is 1. The maximum atomic E-state index is 5.68. The van der Waals surface area contributed by atoms with Crippen LogP contribution in [0.3, 0.4) is 0 Å². The third-order valence-electron chi connectivity index (χ3n) is 2.78. The SMILES string of the molecule is CC(C)CC(NN)C1OCCC1C. The van der Waals surface area contributed by atoms with E-state index in [1.807, 2.05) is 0 Å². The Hall–Kier alpha value is -0.120. The first-order chi connectivity index (χ1) is 6.15. The van der Waals surface area contributed by atoms with Crippen molar-refractivity contribution < 1.29 is 4.74 Å². The summed E-state index contributed by atoms with van der Waals surface area (Å²) in [5, 5.41) is 0. The van der Waals surface area contributed by atoms with Gasteiger partial charge in [-0.1, -0.05) is 20.8 Å². The predicted molar refractivity (Wildman–Crippen MR) is 54.1 cm³/mol. The summed E-state index contributed by atoms with van der Waals surface area (Å²) in [5.41, 5.74) is 2.88. The average molecular weight is 186 g/mol. The van der Waals surface area contributed by atoms with E-state index in [0.717, 1.165) is 13.0 Å². The summed E-state index contributed by atoms with van der Waals surface area (Å²) in [4.78, 5) is 0. The van der Waals surface area contributed by atoms with Gasteiger partial charge < -0.3 is 4.74 Å². The van der Waals surface area contributed by atoms with E-state index in [1.165, 1.54) is 6.42 Å². The second kappa shape index (κ2) is 4.94. The lowest BCUT2D eigenvalue weighted by atomic mass is 9.92. The molecule has 0 radical (unpaired) electrons. The van der Waals surface area contributed by atoms with Crippen molar-refractivity contribution in [3.63, 3.8) is 0 Å². The molecule has 13 heavy (non-hydrogen) atoms. The molecule has 0 spiro atoms. The molecule has 0 amide bonds. The van der Waals surface area contributed by atoms with E-state index in [2.05, 4.69) is 26.2 Å². The molecule has 1 aliphatic rings. The summed E-state index contributed by atoms with van der Waals surface area (Å²) in [6.45, 7) is 7.55. The topological polar surface area (TPSA) is 47.3 Å². The molecule has 0 aromatic carbocycles. The minimum atomic E-state index is 0.312. The Kier molecular flexibility index (Phi) is 4.16. The lowest BCUT2D eigenvalue weighted by Gasteiger charge is -2.26. The third kappa shape index (κ3) is 2.93. The molecule has 1 saturated heterocycles. The van der Waals surface area contributed by atoms with Gasteiger partial charge in [-0.25, -0.2) is 0 Å². The summed E-state index contributed by atoms with van der Waals surface area (Å²) in [7, 11) is 0. The Morgan fingerprint density at radius 2 is 2.23 bits per heavy atom. The van der Waals surface area contributed by atoms with Crippen LogP contribution < -0.4 is 11.3 Å². The monoisotopic (exact) mass is 186 g/mol. The summed E-state index contributed by atoms with van der Waals surface area (Å²) in [6.07, 6.45) is 2.57. The fourth-order valence-electron chi connectivity index (χ4n) is 2.04. The van der Waals surface area contributed by atoms with Gasteiger partial charge in [-0.05, 0) is 24.7 Å². The van der Waals surface area contributed by atoms with Crippen LogP contribution in [0.1, 0.15) is 33.6 Å². The first-order valence-corrected chi connectivity index (χ1v) is 5.23. The molecule has 1 aliphatic heterocycles. The summed E-state index contributed by atoms with van der Waals surface area (Å²) in [5.74, 6) is 6.84. The fraction of sp³-hybridized carbons (Fsp3) is 1.00. The lowest BCUT2D eigenvalue weighted by Crippen LogP contribution is -2.46. The summed E-state index contributed by atoms with van der Waals surface area (Å²) in [6, 6.07) is 0.317. The predicted octanol–water partition coefficient (Wildman–Crippen LogP) is 1.29. The number of rotatable bonds is 4. The van der Waals surface area contributed by atoms with E-state index in [4.69, 9.17) is 10.6 Å². The molecule has 0 bridgehead atoms. The van der Waals surface area contributed by atoms with Gasteiger partial charge in [0.15, 0.2) is 0 Å². The molecule has 3 unspecified atom stereocenters. The van der Waals surface area contributed by atoms with E-state index in [9.17, 15) is 0 Å².